The van der Waals surface area contributed by atoms with Gasteiger partial charge in [-0.05, 0) is 24.6 Å². The summed E-state index contributed by atoms with van der Waals surface area (Å²) in [6.45, 7) is 1.66. The lowest BCUT2D eigenvalue weighted by atomic mass is 10.2. The number of hydrogen-bond donors (Lipinski definition) is 2. The Balaban J connectivity index is 2.48. The molecule has 0 fully saturated rings. The van der Waals surface area contributed by atoms with Crippen molar-refractivity contribution >= 4 is 16.8 Å². The van der Waals surface area contributed by atoms with Crippen LogP contribution in [0.3, 0.4) is 0 Å². The van der Waals surface area contributed by atoms with E-state index in [9.17, 15) is 4.39 Å². The lowest BCUT2D eigenvalue weighted by Crippen LogP contribution is -2.01. The van der Waals surface area contributed by atoms with Gasteiger partial charge in [-0.25, -0.2) is 4.39 Å². The van der Waals surface area contributed by atoms with Gasteiger partial charge in [0.1, 0.15) is 5.82 Å². The van der Waals surface area contributed by atoms with Gasteiger partial charge in [-0.2, -0.15) is 0 Å². The lowest BCUT2D eigenvalue weighted by molar-refractivity contribution is 0.329. The predicted molar refractivity (Wildman–Crippen MR) is 70.2 cm³/mol. The number of hydrogen-bond acceptors (Lipinski definition) is 4. The van der Waals surface area contributed by atoms with E-state index in [0.717, 1.165) is 16.4 Å². The van der Waals surface area contributed by atoms with Gasteiger partial charge in [0.25, 0.3) is 0 Å². The van der Waals surface area contributed by atoms with E-state index in [1.54, 1.807) is 12.1 Å². The largest absolute Gasteiger partial charge is 0.399 e. The molecule has 3 N–H and O–H groups in total. The zero-order valence-corrected chi connectivity index (χ0v) is 10.4. The molecular formula is C12H15FN2OS. The van der Waals surface area contributed by atoms with Gasteiger partial charge in [0.05, 0.1) is 17.3 Å². The van der Waals surface area contributed by atoms with E-state index in [1.165, 1.54) is 30.1 Å². The lowest BCUT2D eigenvalue weighted by Gasteiger charge is -2.00. The van der Waals surface area contributed by atoms with Crippen LogP contribution in [0.4, 0.5) is 4.39 Å². The van der Waals surface area contributed by atoms with Crippen LogP contribution in [0.5, 0.6) is 0 Å². The highest BCUT2D eigenvalue weighted by atomic mass is 32.2. The molecular weight excluding hydrogens is 239 g/mol. The van der Waals surface area contributed by atoms with Crippen LogP contribution in [0.1, 0.15) is 12.5 Å². The van der Waals surface area contributed by atoms with Crippen LogP contribution >= 0.6 is 11.8 Å². The van der Waals surface area contributed by atoms with Gasteiger partial charge in [0.15, 0.2) is 0 Å². The molecule has 0 aromatic heterocycles. The average molecular weight is 254 g/mol. The zero-order chi connectivity index (χ0) is 12.7. The smallest absolute Gasteiger partial charge is 0.123 e. The third-order valence-electron chi connectivity index (χ3n) is 1.96. The summed E-state index contributed by atoms with van der Waals surface area (Å²) in [4.78, 5) is 4.09. The van der Waals surface area contributed by atoms with E-state index >= 15 is 0 Å². The number of halogens is 1. The van der Waals surface area contributed by atoms with Gasteiger partial charge in [-0.1, -0.05) is 12.1 Å². The van der Waals surface area contributed by atoms with Crippen molar-refractivity contribution in [1.82, 2.24) is 0 Å². The summed E-state index contributed by atoms with van der Waals surface area (Å²) in [6, 6.07) is 6.36. The van der Waals surface area contributed by atoms with E-state index in [4.69, 9.17) is 10.8 Å². The molecule has 0 spiro atoms. The number of rotatable bonds is 4. The summed E-state index contributed by atoms with van der Waals surface area (Å²) in [6.07, 6.45) is 1.44. The summed E-state index contributed by atoms with van der Waals surface area (Å²) < 4.78 is 12.7. The number of aliphatic hydroxyl groups is 1. The third-order valence-corrected chi connectivity index (χ3v) is 2.96. The molecule has 0 saturated carbocycles. The topological polar surface area (TPSA) is 58.6 Å². The van der Waals surface area contributed by atoms with Crippen LogP contribution in [0, 0.1) is 5.82 Å². The molecule has 0 atom stereocenters. The van der Waals surface area contributed by atoms with Crippen LogP contribution in [-0.4, -0.2) is 16.8 Å². The molecule has 0 saturated heterocycles. The number of thioether (sulfide) groups is 1. The minimum absolute atomic E-state index is 0.195. The fourth-order valence-corrected chi connectivity index (χ4v) is 1.72. The molecule has 92 valence electrons. The van der Waals surface area contributed by atoms with Gasteiger partial charge in [0.2, 0.25) is 0 Å². The summed E-state index contributed by atoms with van der Waals surface area (Å²) in [5, 5.41) is 9.52. The summed E-state index contributed by atoms with van der Waals surface area (Å²) in [5.41, 5.74) is 6.76. The van der Waals surface area contributed by atoms with Crippen LogP contribution in [0.15, 0.2) is 41.2 Å². The van der Waals surface area contributed by atoms with Gasteiger partial charge >= 0.3 is 0 Å². The molecule has 0 unspecified atom stereocenters. The second-order valence-electron chi connectivity index (χ2n) is 3.43. The molecule has 0 aliphatic rings. The molecule has 1 aromatic rings. The highest BCUT2D eigenvalue weighted by Gasteiger charge is 1.96. The van der Waals surface area contributed by atoms with E-state index in [0.29, 0.717) is 5.70 Å². The van der Waals surface area contributed by atoms with Crippen molar-refractivity contribution in [1.29, 1.82) is 0 Å². The quantitative estimate of drug-likeness (QED) is 0.640. The van der Waals surface area contributed by atoms with Gasteiger partial charge in [-0.3, -0.25) is 4.99 Å². The number of nitrogens with zero attached hydrogens (tertiary/aromatic N) is 1. The van der Waals surface area contributed by atoms with Gasteiger partial charge < -0.3 is 10.8 Å². The van der Waals surface area contributed by atoms with Gasteiger partial charge in [-0.15, -0.1) is 11.8 Å². The Morgan fingerprint density at radius 1 is 1.47 bits per heavy atom. The molecule has 0 aliphatic heterocycles. The van der Waals surface area contributed by atoms with E-state index in [-0.39, 0.29) is 12.4 Å². The Hall–Kier alpha value is -1.33. The zero-order valence-electron chi connectivity index (χ0n) is 9.56. The van der Waals surface area contributed by atoms with Crippen LogP contribution in [0.25, 0.3) is 0 Å². The number of nitrogens with two attached hydrogens (primary N) is 1. The number of benzene rings is 1. The van der Waals surface area contributed by atoms with Crippen molar-refractivity contribution in [3.05, 3.63) is 47.5 Å². The molecule has 0 bridgehead atoms. The minimum Gasteiger partial charge on any atom is -0.399 e. The third kappa shape index (κ3) is 5.51. The number of aliphatic hydroxyl groups excluding tert-OH is 1. The first-order valence-electron chi connectivity index (χ1n) is 5.09. The Morgan fingerprint density at radius 2 is 2.12 bits per heavy atom. The van der Waals surface area contributed by atoms with Crippen molar-refractivity contribution in [3.8, 4) is 0 Å². The summed E-state index contributed by atoms with van der Waals surface area (Å²) in [7, 11) is 0. The maximum atomic E-state index is 12.7. The molecule has 1 rings (SSSR count). The molecule has 17 heavy (non-hydrogen) atoms. The normalized spacial score (nSPS) is 12.9. The Bertz CT molecular complexity index is 415. The van der Waals surface area contributed by atoms with Crippen LogP contribution in [0.2, 0.25) is 0 Å². The maximum absolute atomic E-state index is 12.7. The van der Waals surface area contributed by atoms with Crippen molar-refractivity contribution in [2.24, 2.45) is 10.7 Å². The summed E-state index contributed by atoms with van der Waals surface area (Å²) >= 11 is 1.53. The molecule has 0 radical (unpaired) electrons. The van der Waals surface area contributed by atoms with Crippen LogP contribution < -0.4 is 5.73 Å². The monoisotopic (exact) mass is 254 g/mol. The fraction of sp³-hybridized carbons (Fsp3) is 0.250. The van der Waals surface area contributed by atoms with E-state index in [2.05, 4.69) is 4.99 Å². The summed E-state index contributed by atoms with van der Waals surface area (Å²) in [5.74, 6) is 0.491. The minimum atomic E-state index is -0.234. The highest BCUT2D eigenvalue weighted by Crippen LogP contribution is 2.14. The fourth-order valence-electron chi connectivity index (χ4n) is 1.02. The molecule has 5 heteroatoms. The molecule has 0 aliphatic carbocycles. The van der Waals surface area contributed by atoms with Gasteiger partial charge in [0, 0.05) is 12.0 Å². The highest BCUT2D eigenvalue weighted by molar-refractivity contribution is 8.13. The second-order valence-corrected chi connectivity index (χ2v) is 4.59. The Labute approximate surface area is 104 Å². The maximum Gasteiger partial charge on any atom is 0.123 e. The first kappa shape index (κ1) is 13.7. The average Bonchev–Trinajstić information content (AvgIpc) is 2.35. The first-order chi connectivity index (χ1) is 8.11. The standard InChI is InChI=1S/C12H15FN2OS/c1-9(15-6-12(14)7-16)17-8-10-2-4-11(13)5-3-10/h2-6,16H,7-8,14H2,1H3. The van der Waals surface area contributed by atoms with Crippen molar-refractivity contribution in [3.63, 3.8) is 0 Å². The molecule has 3 nitrogen and oxygen atoms in total. The van der Waals surface area contributed by atoms with Crippen LogP contribution in [-0.2, 0) is 5.75 Å². The Morgan fingerprint density at radius 3 is 2.71 bits per heavy atom. The first-order valence-corrected chi connectivity index (χ1v) is 6.07. The molecule has 0 heterocycles. The van der Waals surface area contributed by atoms with Crippen molar-refractivity contribution in [2.45, 2.75) is 12.7 Å². The molecule has 1 aromatic carbocycles. The van der Waals surface area contributed by atoms with E-state index < -0.39 is 0 Å². The Kier molecular flexibility index (Phi) is 5.72. The van der Waals surface area contributed by atoms with Crippen molar-refractivity contribution in [2.75, 3.05) is 6.61 Å². The molecule has 0 amide bonds. The van der Waals surface area contributed by atoms with E-state index in [1.807, 2.05) is 6.92 Å². The SMILES string of the molecule is CC(=NC=C(N)CO)SCc1ccc(F)cc1. The predicted octanol–water partition coefficient (Wildman–Crippen LogP) is 2.27. The number of aliphatic imine (C=N–C) groups is 1. The second kappa shape index (κ2) is 7.09. The van der Waals surface area contributed by atoms with Crippen molar-refractivity contribution < 1.29 is 9.50 Å².